The second kappa shape index (κ2) is 8.48. The predicted octanol–water partition coefficient (Wildman–Crippen LogP) is 3.86. The number of para-hydroxylation sites is 1. The molecule has 0 spiro atoms. The van der Waals surface area contributed by atoms with Crippen molar-refractivity contribution >= 4 is 18.0 Å². The van der Waals surface area contributed by atoms with Gasteiger partial charge in [0, 0.05) is 18.4 Å². The van der Waals surface area contributed by atoms with Crippen LogP contribution in [0.1, 0.15) is 16.8 Å². The Morgan fingerprint density at radius 1 is 1.08 bits per heavy atom. The third-order valence-electron chi connectivity index (χ3n) is 3.69. The van der Waals surface area contributed by atoms with Crippen LogP contribution in [0.15, 0.2) is 59.8 Å². The van der Waals surface area contributed by atoms with Gasteiger partial charge in [0.25, 0.3) is 0 Å². The number of benzene rings is 2. The molecular formula is C19H19N3O2S. The fourth-order valence-electron chi connectivity index (χ4n) is 2.39. The monoisotopic (exact) mass is 353 g/mol. The van der Waals surface area contributed by atoms with Crippen molar-refractivity contribution < 1.29 is 9.53 Å². The summed E-state index contributed by atoms with van der Waals surface area (Å²) >= 11 is 1.65. The average molecular weight is 353 g/mol. The normalized spacial score (nSPS) is 10.6. The zero-order valence-electron chi connectivity index (χ0n) is 14.0. The molecule has 1 heterocycles. The first-order valence-electron chi connectivity index (χ1n) is 8.04. The van der Waals surface area contributed by atoms with E-state index in [4.69, 9.17) is 4.74 Å². The maximum atomic E-state index is 11.0. The van der Waals surface area contributed by atoms with E-state index in [0.29, 0.717) is 17.9 Å². The summed E-state index contributed by atoms with van der Waals surface area (Å²) in [6, 6.07) is 17.3. The Balaban J connectivity index is 1.50. The number of carbonyl (C=O) groups is 1. The summed E-state index contributed by atoms with van der Waals surface area (Å²) in [7, 11) is 1.97. The molecule has 2 aromatic carbocycles. The predicted molar refractivity (Wildman–Crippen MR) is 99.1 cm³/mol. The zero-order valence-corrected chi connectivity index (χ0v) is 14.8. The van der Waals surface area contributed by atoms with E-state index in [1.54, 1.807) is 17.8 Å². The molecule has 0 aliphatic carbocycles. The lowest BCUT2D eigenvalue weighted by atomic mass is 10.2. The van der Waals surface area contributed by atoms with Gasteiger partial charge in [0.05, 0.1) is 12.2 Å². The molecule has 25 heavy (non-hydrogen) atoms. The Kier molecular flexibility index (Phi) is 5.85. The zero-order chi connectivity index (χ0) is 17.5. The van der Waals surface area contributed by atoms with E-state index < -0.39 is 0 Å². The van der Waals surface area contributed by atoms with Crippen LogP contribution < -0.4 is 4.74 Å². The molecule has 1 aromatic heterocycles. The number of aromatic nitrogens is 3. The molecule has 0 amide bonds. The van der Waals surface area contributed by atoms with Crippen molar-refractivity contribution in [2.45, 2.75) is 11.6 Å². The Bertz CT molecular complexity index is 834. The van der Waals surface area contributed by atoms with E-state index in [2.05, 4.69) is 10.2 Å². The van der Waals surface area contributed by atoms with E-state index >= 15 is 0 Å². The summed E-state index contributed by atoms with van der Waals surface area (Å²) in [5.74, 6) is 2.36. The van der Waals surface area contributed by atoms with Crippen molar-refractivity contribution in [1.29, 1.82) is 0 Å². The third kappa shape index (κ3) is 4.28. The summed E-state index contributed by atoms with van der Waals surface area (Å²) in [6.45, 7) is 0.557. The number of hydrogen-bond donors (Lipinski definition) is 0. The summed E-state index contributed by atoms with van der Waals surface area (Å²) in [6.07, 6.45) is 1.67. The van der Waals surface area contributed by atoms with Gasteiger partial charge in [0.1, 0.15) is 5.75 Å². The lowest BCUT2D eigenvalue weighted by molar-refractivity contribution is 0.111. The van der Waals surface area contributed by atoms with Crippen LogP contribution >= 0.6 is 11.8 Å². The van der Waals surface area contributed by atoms with Crippen molar-refractivity contribution in [3.05, 3.63) is 60.2 Å². The highest BCUT2D eigenvalue weighted by Crippen LogP contribution is 2.23. The van der Waals surface area contributed by atoms with E-state index in [1.807, 2.05) is 60.1 Å². The maximum absolute atomic E-state index is 11.0. The number of ether oxygens (including phenoxy) is 1. The van der Waals surface area contributed by atoms with Crippen molar-refractivity contribution in [3.8, 4) is 17.1 Å². The number of thioether (sulfide) groups is 1. The van der Waals surface area contributed by atoms with Crippen LogP contribution in [-0.2, 0) is 7.05 Å². The molecule has 0 aliphatic rings. The van der Waals surface area contributed by atoms with Gasteiger partial charge in [-0.2, -0.15) is 0 Å². The second-order valence-corrected chi connectivity index (χ2v) is 6.50. The van der Waals surface area contributed by atoms with Gasteiger partial charge in [-0.1, -0.05) is 54.2 Å². The lowest BCUT2D eigenvalue weighted by Crippen LogP contribution is -2.01. The molecular weight excluding hydrogens is 334 g/mol. The van der Waals surface area contributed by atoms with Crippen LogP contribution in [0.5, 0.6) is 5.75 Å². The van der Waals surface area contributed by atoms with Crippen LogP contribution in [0.2, 0.25) is 0 Å². The van der Waals surface area contributed by atoms with E-state index in [-0.39, 0.29) is 0 Å². The van der Waals surface area contributed by atoms with Gasteiger partial charge in [-0.05, 0) is 18.6 Å². The molecule has 0 N–H and O–H groups in total. The molecule has 0 saturated carbocycles. The first-order valence-corrected chi connectivity index (χ1v) is 9.03. The minimum absolute atomic E-state index is 0.557. The number of rotatable bonds is 8. The van der Waals surface area contributed by atoms with Gasteiger partial charge in [0.2, 0.25) is 0 Å². The Morgan fingerprint density at radius 3 is 2.64 bits per heavy atom. The number of hydrogen-bond acceptors (Lipinski definition) is 5. The van der Waals surface area contributed by atoms with Crippen LogP contribution in [0.25, 0.3) is 11.4 Å². The molecule has 0 radical (unpaired) electrons. The van der Waals surface area contributed by atoms with Gasteiger partial charge in [0.15, 0.2) is 17.3 Å². The molecule has 5 nitrogen and oxygen atoms in total. The summed E-state index contributed by atoms with van der Waals surface area (Å²) in [5, 5.41) is 9.42. The lowest BCUT2D eigenvalue weighted by Gasteiger charge is -2.08. The number of nitrogens with zero attached hydrogens (tertiary/aromatic N) is 3. The highest BCUT2D eigenvalue weighted by molar-refractivity contribution is 7.99. The van der Waals surface area contributed by atoms with Crippen molar-refractivity contribution in [3.63, 3.8) is 0 Å². The molecule has 0 aliphatic heterocycles. The number of aldehydes is 1. The Morgan fingerprint density at radius 2 is 1.84 bits per heavy atom. The van der Waals surface area contributed by atoms with Gasteiger partial charge in [-0.3, -0.25) is 4.79 Å². The van der Waals surface area contributed by atoms with E-state index in [9.17, 15) is 4.79 Å². The second-order valence-electron chi connectivity index (χ2n) is 5.44. The SMILES string of the molecule is Cn1c(SCCCOc2ccccc2C=O)nnc1-c1ccccc1. The van der Waals surface area contributed by atoms with Crippen LogP contribution in [0.4, 0.5) is 0 Å². The standard InChI is InChI=1S/C19H19N3O2S/c1-22-18(15-8-3-2-4-9-15)20-21-19(22)25-13-7-12-24-17-11-6-5-10-16(17)14-23/h2-6,8-11,14H,7,12-13H2,1H3. The molecule has 0 unspecified atom stereocenters. The molecule has 3 aromatic rings. The third-order valence-corrected chi connectivity index (χ3v) is 4.80. The molecule has 0 atom stereocenters. The van der Waals surface area contributed by atoms with Crippen LogP contribution in [-0.4, -0.2) is 33.4 Å². The summed E-state index contributed by atoms with van der Waals surface area (Å²) < 4.78 is 7.69. The highest BCUT2D eigenvalue weighted by atomic mass is 32.2. The largest absolute Gasteiger partial charge is 0.493 e. The first-order chi connectivity index (χ1) is 12.3. The van der Waals surface area contributed by atoms with E-state index in [0.717, 1.165) is 35.0 Å². The van der Waals surface area contributed by atoms with Crippen LogP contribution in [0.3, 0.4) is 0 Å². The van der Waals surface area contributed by atoms with Gasteiger partial charge < -0.3 is 9.30 Å². The fourth-order valence-corrected chi connectivity index (χ4v) is 3.22. The minimum atomic E-state index is 0.557. The molecule has 0 saturated heterocycles. The van der Waals surface area contributed by atoms with E-state index in [1.165, 1.54) is 0 Å². The molecule has 0 fully saturated rings. The maximum Gasteiger partial charge on any atom is 0.191 e. The molecule has 128 valence electrons. The fraction of sp³-hybridized carbons (Fsp3) is 0.211. The van der Waals surface area contributed by atoms with Gasteiger partial charge in [-0.15, -0.1) is 10.2 Å². The quantitative estimate of drug-likeness (QED) is 0.350. The molecule has 3 rings (SSSR count). The van der Waals surface area contributed by atoms with Crippen molar-refractivity contribution in [2.75, 3.05) is 12.4 Å². The molecule has 6 heteroatoms. The first kappa shape index (κ1) is 17.2. The highest BCUT2D eigenvalue weighted by Gasteiger charge is 2.10. The molecule has 0 bridgehead atoms. The number of carbonyl (C=O) groups excluding carboxylic acids is 1. The summed E-state index contributed by atoms with van der Waals surface area (Å²) in [5.41, 5.74) is 1.63. The summed E-state index contributed by atoms with van der Waals surface area (Å²) in [4.78, 5) is 11.0. The minimum Gasteiger partial charge on any atom is -0.493 e. The van der Waals surface area contributed by atoms with Gasteiger partial charge >= 0.3 is 0 Å². The van der Waals surface area contributed by atoms with Gasteiger partial charge in [-0.25, -0.2) is 0 Å². The van der Waals surface area contributed by atoms with Crippen molar-refractivity contribution in [1.82, 2.24) is 14.8 Å². The smallest absolute Gasteiger partial charge is 0.191 e. The van der Waals surface area contributed by atoms with Crippen molar-refractivity contribution in [2.24, 2.45) is 7.05 Å². The Labute approximate surface area is 151 Å². The topological polar surface area (TPSA) is 57.0 Å². The van der Waals surface area contributed by atoms with Crippen LogP contribution in [0, 0.1) is 0 Å². The average Bonchev–Trinajstić information content (AvgIpc) is 3.03. The Hall–Kier alpha value is -2.60.